The van der Waals surface area contributed by atoms with Crippen LogP contribution in [-0.2, 0) is 0 Å². The van der Waals surface area contributed by atoms with Crippen molar-refractivity contribution < 1.29 is 9.21 Å². The highest BCUT2D eigenvalue weighted by molar-refractivity contribution is 6.32. The highest BCUT2D eigenvalue weighted by Gasteiger charge is 2.26. The van der Waals surface area contributed by atoms with Gasteiger partial charge in [0.1, 0.15) is 0 Å². The van der Waals surface area contributed by atoms with Crippen LogP contribution in [0.1, 0.15) is 36.5 Å². The summed E-state index contributed by atoms with van der Waals surface area (Å²) in [5, 5.41) is 0.192. The monoisotopic (exact) mass is 227 g/mol. The number of piperidine rings is 1. The van der Waals surface area contributed by atoms with Crippen LogP contribution < -0.4 is 0 Å². The summed E-state index contributed by atoms with van der Waals surface area (Å²) in [4.78, 5) is 13.9. The van der Waals surface area contributed by atoms with E-state index in [-0.39, 0.29) is 11.1 Å². The fourth-order valence-corrected chi connectivity index (χ4v) is 2.20. The quantitative estimate of drug-likeness (QED) is 0.739. The first-order valence-corrected chi connectivity index (χ1v) is 5.62. The number of hydrogen-bond donors (Lipinski definition) is 0. The number of likely N-dealkylation sites (tertiary alicyclic amines) is 1. The number of amides is 1. The SMILES string of the molecule is CC1CCCCN1C(=O)c1ccoc1Cl. The summed E-state index contributed by atoms with van der Waals surface area (Å²) >= 11 is 5.79. The first kappa shape index (κ1) is 10.6. The van der Waals surface area contributed by atoms with Crippen LogP contribution in [0.4, 0.5) is 0 Å². The Morgan fingerprint density at radius 3 is 3.00 bits per heavy atom. The first-order valence-electron chi connectivity index (χ1n) is 5.24. The minimum Gasteiger partial charge on any atom is -0.452 e. The van der Waals surface area contributed by atoms with Gasteiger partial charge in [0.15, 0.2) is 0 Å². The van der Waals surface area contributed by atoms with Crippen molar-refractivity contribution in [3.05, 3.63) is 23.1 Å². The summed E-state index contributed by atoms with van der Waals surface area (Å²) in [5.74, 6) is -0.0130. The van der Waals surface area contributed by atoms with Gasteiger partial charge in [0.25, 0.3) is 5.91 Å². The van der Waals surface area contributed by atoms with E-state index >= 15 is 0 Å². The molecule has 1 saturated heterocycles. The van der Waals surface area contributed by atoms with E-state index in [9.17, 15) is 4.79 Å². The summed E-state index contributed by atoms with van der Waals surface area (Å²) in [6, 6.07) is 1.93. The van der Waals surface area contributed by atoms with Gasteiger partial charge in [0, 0.05) is 12.6 Å². The molecule has 1 amide bonds. The molecule has 0 aromatic carbocycles. The van der Waals surface area contributed by atoms with E-state index in [4.69, 9.17) is 16.0 Å². The van der Waals surface area contributed by atoms with Gasteiger partial charge in [-0.3, -0.25) is 4.79 Å². The Labute approximate surface area is 94.0 Å². The van der Waals surface area contributed by atoms with E-state index in [1.807, 2.05) is 4.90 Å². The summed E-state index contributed by atoms with van der Waals surface area (Å²) in [6.45, 7) is 2.90. The lowest BCUT2D eigenvalue weighted by molar-refractivity contribution is 0.0635. The topological polar surface area (TPSA) is 33.5 Å². The van der Waals surface area contributed by atoms with Crippen molar-refractivity contribution >= 4 is 17.5 Å². The molecule has 15 heavy (non-hydrogen) atoms. The van der Waals surface area contributed by atoms with Crippen LogP contribution in [0.3, 0.4) is 0 Å². The van der Waals surface area contributed by atoms with Crippen molar-refractivity contribution in [1.82, 2.24) is 4.90 Å². The van der Waals surface area contributed by atoms with E-state index in [0.717, 1.165) is 19.4 Å². The molecule has 1 aliphatic heterocycles. The third-order valence-corrected chi connectivity index (χ3v) is 3.20. The lowest BCUT2D eigenvalue weighted by atomic mass is 10.0. The Hall–Kier alpha value is -0.960. The average Bonchev–Trinajstić information content (AvgIpc) is 2.64. The third-order valence-electron chi connectivity index (χ3n) is 2.91. The maximum absolute atomic E-state index is 12.1. The van der Waals surface area contributed by atoms with Crippen LogP contribution in [0.2, 0.25) is 5.22 Å². The van der Waals surface area contributed by atoms with Crippen molar-refractivity contribution in [3.63, 3.8) is 0 Å². The molecule has 2 rings (SSSR count). The van der Waals surface area contributed by atoms with Gasteiger partial charge in [-0.25, -0.2) is 0 Å². The molecule has 2 heterocycles. The van der Waals surface area contributed by atoms with Gasteiger partial charge in [-0.05, 0) is 43.9 Å². The van der Waals surface area contributed by atoms with Gasteiger partial charge in [0.2, 0.25) is 5.22 Å². The second-order valence-corrected chi connectivity index (χ2v) is 4.29. The fraction of sp³-hybridized carbons (Fsp3) is 0.545. The predicted octanol–water partition coefficient (Wildman–Crippen LogP) is 2.95. The molecule has 1 aliphatic rings. The normalized spacial score (nSPS) is 21.7. The number of halogens is 1. The van der Waals surface area contributed by atoms with Crippen LogP contribution in [-0.4, -0.2) is 23.4 Å². The Morgan fingerprint density at radius 2 is 2.40 bits per heavy atom. The first-order chi connectivity index (χ1) is 7.20. The van der Waals surface area contributed by atoms with Gasteiger partial charge >= 0.3 is 0 Å². The minimum atomic E-state index is -0.0130. The fourth-order valence-electron chi connectivity index (χ4n) is 2.00. The molecule has 0 bridgehead atoms. The molecular formula is C11H14ClNO2. The molecule has 0 radical (unpaired) electrons. The van der Waals surface area contributed by atoms with Gasteiger partial charge < -0.3 is 9.32 Å². The number of carbonyl (C=O) groups excluding carboxylic acids is 1. The van der Waals surface area contributed by atoms with Crippen LogP contribution in [0.25, 0.3) is 0 Å². The standard InChI is InChI=1S/C11H14ClNO2/c1-8-4-2-3-6-13(8)11(14)9-5-7-15-10(9)12/h5,7-8H,2-4,6H2,1H3. The molecular weight excluding hydrogens is 214 g/mol. The van der Waals surface area contributed by atoms with Crippen LogP contribution in [0, 0.1) is 0 Å². The van der Waals surface area contributed by atoms with E-state index in [0.29, 0.717) is 11.6 Å². The zero-order valence-corrected chi connectivity index (χ0v) is 9.46. The van der Waals surface area contributed by atoms with Crippen LogP contribution in [0.5, 0.6) is 0 Å². The Balaban J connectivity index is 2.17. The summed E-state index contributed by atoms with van der Waals surface area (Å²) in [6.07, 6.45) is 4.79. The van der Waals surface area contributed by atoms with Crippen molar-refractivity contribution in [2.45, 2.75) is 32.2 Å². The van der Waals surface area contributed by atoms with E-state index in [2.05, 4.69) is 6.92 Å². The van der Waals surface area contributed by atoms with E-state index < -0.39 is 0 Å². The summed E-state index contributed by atoms with van der Waals surface area (Å²) in [7, 11) is 0. The van der Waals surface area contributed by atoms with Crippen LogP contribution in [0.15, 0.2) is 16.7 Å². The highest BCUT2D eigenvalue weighted by atomic mass is 35.5. The Kier molecular flexibility index (Phi) is 3.00. The van der Waals surface area contributed by atoms with Gasteiger partial charge in [-0.1, -0.05) is 0 Å². The van der Waals surface area contributed by atoms with Crippen molar-refractivity contribution in [2.24, 2.45) is 0 Å². The highest BCUT2D eigenvalue weighted by Crippen LogP contribution is 2.23. The number of furan rings is 1. The van der Waals surface area contributed by atoms with Crippen molar-refractivity contribution in [1.29, 1.82) is 0 Å². The minimum absolute atomic E-state index is 0.0130. The van der Waals surface area contributed by atoms with Gasteiger partial charge in [-0.15, -0.1) is 0 Å². The molecule has 1 unspecified atom stereocenters. The zero-order valence-electron chi connectivity index (χ0n) is 8.70. The molecule has 82 valence electrons. The summed E-state index contributed by atoms with van der Waals surface area (Å²) in [5.41, 5.74) is 0.477. The largest absolute Gasteiger partial charge is 0.452 e. The molecule has 0 spiro atoms. The predicted molar refractivity (Wildman–Crippen MR) is 58.1 cm³/mol. The molecule has 3 nitrogen and oxygen atoms in total. The van der Waals surface area contributed by atoms with E-state index in [1.54, 1.807) is 6.07 Å². The average molecular weight is 228 g/mol. The van der Waals surface area contributed by atoms with Gasteiger partial charge in [-0.2, -0.15) is 0 Å². The molecule has 1 fully saturated rings. The third kappa shape index (κ3) is 2.02. The molecule has 1 atom stereocenters. The van der Waals surface area contributed by atoms with Crippen molar-refractivity contribution in [2.75, 3.05) is 6.54 Å². The molecule has 1 aromatic rings. The summed E-state index contributed by atoms with van der Waals surface area (Å²) < 4.78 is 4.93. The maximum Gasteiger partial charge on any atom is 0.258 e. The molecule has 0 N–H and O–H groups in total. The zero-order chi connectivity index (χ0) is 10.8. The number of rotatable bonds is 1. The maximum atomic E-state index is 12.1. The smallest absolute Gasteiger partial charge is 0.258 e. The lowest BCUT2D eigenvalue weighted by Crippen LogP contribution is -2.41. The number of nitrogens with zero attached hydrogens (tertiary/aromatic N) is 1. The van der Waals surface area contributed by atoms with Crippen molar-refractivity contribution in [3.8, 4) is 0 Å². The second kappa shape index (κ2) is 4.27. The van der Waals surface area contributed by atoms with Gasteiger partial charge in [0.05, 0.1) is 11.8 Å². The molecule has 0 saturated carbocycles. The second-order valence-electron chi connectivity index (χ2n) is 3.95. The Morgan fingerprint density at radius 1 is 1.60 bits per heavy atom. The molecule has 1 aromatic heterocycles. The Bertz CT molecular complexity index is 361. The molecule has 0 aliphatic carbocycles. The number of hydrogen-bond acceptors (Lipinski definition) is 2. The molecule has 4 heteroatoms. The number of carbonyl (C=O) groups is 1. The van der Waals surface area contributed by atoms with E-state index in [1.165, 1.54) is 12.7 Å². The van der Waals surface area contributed by atoms with Crippen LogP contribution >= 0.6 is 11.6 Å². The lowest BCUT2D eigenvalue weighted by Gasteiger charge is -2.33.